The van der Waals surface area contributed by atoms with Crippen LogP contribution in [0.2, 0.25) is 0 Å². The molecule has 0 bridgehead atoms. The van der Waals surface area contributed by atoms with E-state index in [0.717, 1.165) is 25.4 Å². The second-order valence-corrected chi connectivity index (χ2v) is 7.79. The van der Waals surface area contributed by atoms with Crippen LogP contribution in [0.25, 0.3) is 0 Å². The highest BCUT2D eigenvalue weighted by Crippen LogP contribution is 2.16. The summed E-state index contributed by atoms with van der Waals surface area (Å²) in [6.45, 7) is 10.9. The SMILES string of the molecule is CC(C)CCCCCCCN1CCN(C(=O)C(C)C)[C@H](C(=O)O)C1. The number of carboxylic acid groups (broad SMARTS) is 1. The third-order valence-corrected chi connectivity index (χ3v) is 4.78. The fraction of sp³-hybridized carbons (Fsp3) is 0.895. The van der Waals surface area contributed by atoms with E-state index in [1.807, 2.05) is 13.8 Å². The van der Waals surface area contributed by atoms with Gasteiger partial charge >= 0.3 is 5.97 Å². The van der Waals surface area contributed by atoms with Crippen molar-refractivity contribution in [3.8, 4) is 0 Å². The Kier molecular flexibility index (Phi) is 9.34. The summed E-state index contributed by atoms with van der Waals surface area (Å²) in [6.07, 6.45) is 7.52. The van der Waals surface area contributed by atoms with Crippen LogP contribution in [0.5, 0.6) is 0 Å². The summed E-state index contributed by atoms with van der Waals surface area (Å²) in [5.41, 5.74) is 0. The van der Waals surface area contributed by atoms with Gasteiger partial charge in [-0.2, -0.15) is 0 Å². The molecule has 1 N–H and O–H groups in total. The summed E-state index contributed by atoms with van der Waals surface area (Å²) < 4.78 is 0. The molecule has 1 aliphatic heterocycles. The summed E-state index contributed by atoms with van der Waals surface area (Å²) >= 11 is 0. The van der Waals surface area contributed by atoms with Crippen LogP contribution in [0, 0.1) is 11.8 Å². The van der Waals surface area contributed by atoms with E-state index >= 15 is 0 Å². The van der Waals surface area contributed by atoms with Crippen LogP contribution in [0.1, 0.15) is 66.2 Å². The number of piperazine rings is 1. The number of nitrogens with zero attached hydrogens (tertiary/aromatic N) is 2. The minimum Gasteiger partial charge on any atom is -0.480 e. The molecule has 1 amide bonds. The Hall–Kier alpha value is -1.10. The van der Waals surface area contributed by atoms with Crippen molar-refractivity contribution in [2.75, 3.05) is 26.2 Å². The van der Waals surface area contributed by atoms with Crippen LogP contribution in [0.3, 0.4) is 0 Å². The largest absolute Gasteiger partial charge is 0.480 e. The van der Waals surface area contributed by atoms with E-state index in [0.29, 0.717) is 13.1 Å². The fourth-order valence-electron chi connectivity index (χ4n) is 3.27. The zero-order chi connectivity index (χ0) is 18.1. The van der Waals surface area contributed by atoms with Gasteiger partial charge in [0.05, 0.1) is 0 Å². The number of aliphatic carboxylic acids is 1. The highest BCUT2D eigenvalue weighted by molar-refractivity contribution is 5.85. The summed E-state index contributed by atoms with van der Waals surface area (Å²) in [5, 5.41) is 9.45. The van der Waals surface area contributed by atoms with Gasteiger partial charge in [0.15, 0.2) is 0 Å². The second-order valence-electron chi connectivity index (χ2n) is 7.79. The Balaban J connectivity index is 2.29. The van der Waals surface area contributed by atoms with Gasteiger partial charge < -0.3 is 10.0 Å². The molecule has 0 aromatic rings. The van der Waals surface area contributed by atoms with E-state index in [1.165, 1.54) is 32.1 Å². The molecule has 0 radical (unpaired) electrons. The molecule has 0 saturated carbocycles. The molecular formula is C19H36N2O3. The summed E-state index contributed by atoms with van der Waals surface area (Å²) in [6, 6.07) is -0.695. The number of rotatable bonds is 10. The van der Waals surface area contributed by atoms with Crippen LogP contribution >= 0.6 is 0 Å². The third kappa shape index (κ3) is 7.20. The lowest BCUT2D eigenvalue weighted by atomic mass is 10.0. The first-order valence-electron chi connectivity index (χ1n) is 9.58. The fourth-order valence-corrected chi connectivity index (χ4v) is 3.27. The first-order valence-corrected chi connectivity index (χ1v) is 9.58. The molecule has 1 fully saturated rings. The van der Waals surface area contributed by atoms with Crippen LogP contribution in [0.4, 0.5) is 0 Å². The van der Waals surface area contributed by atoms with Gasteiger partial charge in [-0.15, -0.1) is 0 Å². The maximum absolute atomic E-state index is 12.2. The van der Waals surface area contributed by atoms with E-state index < -0.39 is 12.0 Å². The van der Waals surface area contributed by atoms with E-state index in [1.54, 1.807) is 4.90 Å². The molecule has 5 nitrogen and oxygen atoms in total. The van der Waals surface area contributed by atoms with Crippen LogP contribution < -0.4 is 0 Å². The van der Waals surface area contributed by atoms with Crippen LogP contribution in [0.15, 0.2) is 0 Å². The van der Waals surface area contributed by atoms with Gasteiger partial charge in [0.1, 0.15) is 6.04 Å². The number of carbonyl (C=O) groups excluding carboxylic acids is 1. The third-order valence-electron chi connectivity index (χ3n) is 4.78. The molecule has 1 heterocycles. The summed E-state index contributed by atoms with van der Waals surface area (Å²) in [7, 11) is 0. The normalized spacial score (nSPS) is 19.2. The van der Waals surface area contributed by atoms with Crippen molar-refractivity contribution >= 4 is 11.9 Å². The van der Waals surface area contributed by atoms with E-state index in [2.05, 4.69) is 18.7 Å². The van der Waals surface area contributed by atoms with E-state index in [-0.39, 0.29) is 11.8 Å². The first-order chi connectivity index (χ1) is 11.3. The minimum absolute atomic E-state index is 0.0489. The van der Waals surface area contributed by atoms with E-state index in [4.69, 9.17) is 0 Å². The van der Waals surface area contributed by atoms with Crippen molar-refractivity contribution in [1.82, 2.24) is 9.80 Å². The number of hydrogen-bond donors (Lipinski definition) is 1. The van der Waals surface area contributed by atoms with Crippen molar-refractivity contribution in [3.63, 3.8) is 0 Å². The zero-order valence-electron chi connectivity index (χ0n) is 16.0. The number of carbonyl (C=O) groups is 2. The second kappa shape index (κ2) is 10.7. The van der Waals surface area contributed by atoms with Gasteiger partial charge in [-0.1, -0.05) is 59.8 Å². The van der Waals surface area contributed by atoms with E-state index in [9.17, 15) is 14.7 Å². The molecule has 1 rings (SSSR count). The van der Waals surface area contributed by atoms with Crippen LogP contribution in [-0.4, -0.2) is 59.0 Å². The molecule has 1 aliphatic rings. The molecule has 0 aromatic heterocycles. The smallest absolute Gasteiger partial charge is 0.327 e. The molecule has 1 atom stereocenters. The van der Waals surface area contributed by atoms with Gasteiger partial charge in [-0.25, -0.2) is 4.79 Å². The van der Waals surface area contributed by atoms with Crippen molar-refractivity contribution in [1.29, 1.82) is 0 Å². The Bertz CT molecular complexity index is 396. The monoisotopic (exact) mass is 340 g/mol. The predicted octanol–water partition coefficient (Wildman–Crippen LogP) is 3.24. The van der Waals surface area contributed by atoms with Crippen molar-refractivity contribution < 1.29 is 14.7 Å². The van der Waals surface area contributed by atoms with Gasteiger partial charge in [-0.05, 0) is 18.9 Å². The Labute approximate surface area is 147 Å². The number of unbranched alkanes of at least 4 members (excludes halogenated alkanes) is 4. The minimum atomic E-state index is -0.887. The summed E-state index contributed by atoms with van der Waals surface area (Å²) in [5.74, 6) is -0.290. The Morgan fingerprint density at radius 1 is 1.00 bits per heavy atom. The van der Waals surface area contributed by atoms with Gasteiger partial charge in [0, 0.05) is 25.6 Å². The first kappa shape index (κ1) is 20.9. The standard InChI is InChI=1S/C19H36N2O3/c1-15(2)10-8-6-5-7-9-11-20-12-13-21(18(22)16(3)4)17(14-20)19(23)24/h15-17H,5-14H2,1-4H3,(H,23,24)/t17-/m0/s1. The van der Waals surface area contributed by atoms with Crippen molar-refractivity contribution in [2.45, 2.75) is 72.3 Å². The molecule has 24 heavy (non-hydrogen) atoms. The number of amides is 1. The molecule has 1 saturated heterocycles. The topological polar surface area (TPSA) is 60.9 Å². The molecule has 0 aliphatic carbocycles. The molecule has 5 heteroatoms. The number of carboxylic acids is 1. The highest BCUT2D eigenvalue weighted by atomic mass is 16.4. The molecular weight excluding hydrogens is 304 g/mol. The average molecular weight is 341 g/mol. The molecule has 140 valence electrons. The van der Waals surface area contributed by atoms with Crippen molar-refractivity contribution in [2.24, 2.45) is 11.8 Å². The summed E-state index contributed by atoms with van der Waals surface area (Å²) in [4.78, 5) is 27.4. The van der Waals surface area contributed by atoms with Gasteiger partial charge in [0.2, 0.25) is 5.91 Å². The van der Waals surface area contributed by atoms with Gasteiger partial charge in [0.25, 0.3) is 0 Å². The lowest BCUT2D eigenvalue weighted by Gasteiger charge is -2.40. The Morgan fingerprint density at radius 3 is 2.21 bits per heavy atom. The lowest BCUT2D eigenvalue weighted by Crippen LogP contribution is -2.59. The highest BCUT2D eigenvalue weighted by Gasteiger charge is 2.35. The lowest BCUT2D eigenvalue weighted by molar-refractivity contribution is -0.155. The molecule has 0 unspecified atom stereocenters. The molecule has 0 spiro atoms. The van der Waals surface area contributed by atoms with Crippen LogP contribution in [-0.2, 0) is 9.59 Å². The maximum Gasteiger partial charge on any atom is 0.327 e. The average Bonchev–Trinajstić information content (AvgIpc) is 2.52. The Morgan fingerprint density at radius 2 is 1.62 bits per heavy atom. The van der Waals surface area contributed by atoms with Crippen molar-refractivity contribution in [3.05, 3.63) is 0 Å². The quantitative estimate of drug-likeness (QED) is 0.620. The predicted molar refractivity (Wildman–Crippen MR) is 97.0 cm³/mol. The molecule has 0 aromatic carbocycles. The maximum atomic E-state index is 12.2. The zero-order valence-corrected chi connectivity index (χ0v) is 16.0. The number of hydrogen-bond acceptors (Lipinski definition) is 3. The van der Waals surface area contributed by atoms with Gasteiger partial charge in [-0.3, -0.25) is 9.69 Å².